The molecule has 0 radical (unpaired) electrons. The van der Waals surface area contributed by atoms with Crippen molar-refractivity contribution in [1.29, 1.82) is 0 Å². The molecule has 0 fully saturated rings. The van der Waals surface area contributed by atoms with Gasteiger partial charge < -0.3 is 5.32 Å². The van der Waals surface area contributed by atoms with Gasteiger partial charge in [0.25, 0.3) is 0 Å². The third kappa shape index (κ3) is 2.90. The highest BCUT2D eigenvalue weighted by Gasteiger charge is 2.14. The predicted molar refractivity (Wildman–Crippen MR) is 92.0 cm³/mol. The van der Waals surface area contributed by atoms with Crippen LogP contribution in [0.5, 0.6) is 0 Å². The first-order valence-corrected chi connectivity index (χ1v) is 8.05. The van der Waals surface area contributed by atoms with Crippen molar-refractivity contribution < 1.29 is 0 Å². The van der Waals surface area contributed by atoms with Crippen LogP contribution in [0.4, 0.5) is 5.82 Å². The van der Waals surface area contributed by atoms with Crippen molar-refractivity contribution in [2.75, 3.05) is 5.32 Å². The van der Waals surface area contributed by atoms with Gasteiger partial charge >= 0.3 is 0 Å². The van der Waals surface area contributed by atoms with E-state index in [9.17, 15) is 0 Å². The molecule has 1 N–H and O–H groups in total. The molecule has 0 saturated carbocycles. The number of hydrogen-bond donors (Lipinski definition) is 1. The lowest BCUT2D eigenvalue weighted by molar-refractivity contribution is 0.771. The third-order valence-corrected chi connectivity index (χ3v) is 4.18. The number of anilines is 1. The summed E-state index contributed by atoms with van der Waals surface area (Å²) in [7, 11) is 0. The number of nitrogens with one attached hydrogen (secondary N) is 1. The molecule has 1 aliphatic carbocycles. The number of aromatic nitrogens is 4. The van der Waals surface area contributed by atoms with Gasteiger partial charge in [0, 0.05) is 21.7 Å². The van der Waals surface area contributed by atoms with Crippen LogP contribution in [0, 0.1) is 0 Å². The summed E-state index contributed by atoms with van der Waals surface area (Å²) in [5.41, 5.74) is 1.45. The maximum absolute atomic E-state index is 6.08. The van der Waals surface area contributed by atoms with E-state index in [-0.39, 0.29) is 0 Å². The molecule has 5 nitrogen and oxygen atoms in total. The molecular weight excluding hydrogens is 333 g/mol. The van der Waals surface area contributed by atoms with E-state index in [1.165, 1.54) is 0 Å². The fraction of sp³-hybridized carbons (Fsp3) is 0.188. The van der Waals surface area contributed by atoms with E-state index in [1.807, 2.05) is 12.1 Å². The summed E-state index contributed by atoms with van der Waals surface area (Å²) in [5.74, 6) is 1.40. The van der Waals surface area contributed by atoms with E-state index in [0.717, 1.165) is 24.2 Å². The second-order valence-corrected chi connectivity index (χ2v) is 6.33. The van der Waals surface area contributed by atoms with E-state index in [0.29, 0.717) is 27.6 Å². The van der Waals surface area contributed by atoms with Crippen molar-refractivity contribution >= 4 is 34.7 Å². The second-order valence-electron chi connectivity index (χ2n) is 5.45. The van der Waals surface area contributed by atoms with E-state index in [4.69, 9.17) is 23.2 Å². The van der Waals surface area contributed by atoms with Gasteiger partial charge in [0.1, 0.15) is 5.82 Å². The SMILES string of the molecule is Clc1cc(Cl)cc(-c2nnc3ccc(NC4CC=CC4)nn23)c1. The first kappa shape index (κ1) is 14.5. The molecule has 3 aromatic rings. The Morgan fingerprint density at radius 2 is 1.74 bits per heavy atom. The van der Waals surface area contributed by atoms with Gasteiger partial charge in [0.2, 0.25) is 0 Å². The molecule has 7 heteroatoms. The van der Waals surface area contributed by atoms with Crippen LogP contribution >= 0.6 is 23.2 Å². The zero-order valence-corrected chi connectivity index (χ0v) is 13.6. The Kier molecular flexibility index (Phi) is 3.67. The number of fused-ring (bicyclic) bond motifs is 1. The number of hydrogen-bond acceptors (Lipinski definition) is 4. The number of halogens is 2. The van der Waals surface area contributed by atoms with Gasteiger partial charge in [-0.15, -0.1) is 15.3 Å². The molecule has 0 unspecified atom stereocenters. The zero-order valence-electron chi connectivity index (χ0n) is 12.1. The average Bonchev–Trinajstić information content (AvgIpc) is 3.15. The average molecular weight is 346 g/mol. The Balaban J connectivity index is 1.74. The summed E-state index contributed by atoms with van der Waals surface area (Å²) in [6, 6.07) is 9.47. The molecule has 2 heterocycles. The standard InChI is InChI=1S/C16H13Cl2N5/c17-11-7-10(8-12(18)9-11)16-21-20-15-6-5-14(22-23(15)16)19-13-3-1-2-4-13/h1-2,5-9,13H,3-4H2,(H,19,22). The van der Waals surface area contributed by atoms with E-state index >= 15 is 0 Å². The minimum absolute atomic E-state index is 0.389. The largest absolute Gasteiger partial charge is 0.365 e. The molecule has 0 saturated heterocycles. The van der Waals surface area contributed by atoms with Crippen LogP contribution in [0.2, 0.25) is 10.0 Å². The number of benzene rings is 1. The normalized spacial score (nSPS) is 14.7. The van der Waals surface area contributed by atoms with Gasteiger partial charge in [-0.25, -0.2) is 0 Å². The molecule has 1 aliphatic rings. The lowest BCUT2D eigenvalue weighted by Gasteiger charge is -2.12. The lowest BCUT2D eigenvalue weighted by Crippen LogP contribution is -2.16. The van der Waals surface area contributed by atoms with E-state index in [1.54, 1.807) is 22.7 Å². The van der Waals surface area contributed by atoms with Crippen LogP contribution in [0.1, 0.15) is 12.8 Å². The maximum Gasteiger partial charge on any atom is 0.185 e. The Labute approximate surface area is 142 Å². The highest BCUT2D eigenvalue weighted by atomic mass is 35.5. The van der Waals surface area contributed by atoms with Crippen molar-refractivity contribution in [3.8, 4) is 11.4 Å². The number of nitrogens with zero attached hydrogens (tertiary/aromatic N) is 4. The smallest absolute Gasteiger partial charge is 0.185 e. The summed E-state index contributed by atoms with van der Waals surface area (Å²) >= 11 is 12.2. The molecule has 1 aromatic carbocycles. The van der Waals surface area contributed by atoms with Crippen molar-refractivity contribution in [3.05, 3.63) is 52.5 Å². The fourth-order valence-electron chi connectivity index (χ4n) is 2.67. The van der Waals surface area contributed by atoms with Crippen molar-refractivity contribution in [2.45, 2.75) is 18.9 Å². The summed E-state index contributed by atoms with van der Waals surface area (Å²) < 4.78 is 1.70. The monoisotopic (exact) mass is 345 g/mol. The van der Waals surface area contributed by atoms with Gasteiger partial charge in [-0.1, -0.05) is 35.4 Å². The summed E-state index contributed by atoms with van der Waals surface area (Å²) in [4.78, 5) is 0. The van der Waals surface area contributed by atoms with E-state index in [2.05, 4.69) is 32.8 Å². The molecule has 0 spiro atoms. The third-order valence-electron chi connectivity index (χ3n) is 3.74. The molecule has 116 valence electrons. The lowest BCUT2D eigenvalue weighted by atomic mass is 10.2. The minimum Gasteiger partial charge on any atom is -0.365 e. The molecule has 0 atom stereocenters. The summed E-state index contributed by atoms with van der Waals surface area (Å²) in [6.07, 6.45) is 6.38. The Morgan fingerprint density at radius 1 is 1.00 bits per heavy atom. The molecule has 0 aliphatic heterocycles. The van der Waals surface area contributed by atoms with Crippen molar-refractivity contribution in [3.63, 3.8) is 0 Å². The van der Waals surface area contributed by atoms with Gasteiger partial charge in [-0.3, -0.25) is 0 Å². The van der Waals surface area contributed by atoms with Crippen LogP contribution in [0.25, 0.3) is 17.0 Å². The highest BCUT2D eigenvalue weighted by molar-refractivity contribution is 6.35. The molecular formula is C16H13Cl2N5. The Morgan fingerprint density at radius 3 is 2.48 bits per heavy atom. The first-order valence-electron chi connectivity index (χ1n) is 7.29. The zero-order chi connectivity index (χ0) is 15.8. The minimum atomic E-state index is 0.389. The van der Waals surface area contributed by atoms with Gasteiger partial charge in [-0.05, 0) is 43.2 Å². The summed E-state index contributed by atoms with van der Waals surface area (Å²) in [5, 5.41) is 17.5. The Bertz CT molecular complexity index is 874. The molecule has 0 amide bonds. The maximum atomic E-state index is 6.08. The van der Waals surface area contributed by atoms with Gasteiger partial charge in [0.15, 0.2) is 11.5 Å². The molecule has 23 heavy (non-hydrogen) atoms. The molecule has 0 bridgehead atoms. The van der Waals surface area contributed by atoms with Crippen LogP contribution in [0.15, 0.2) is 42.5 Å². The topological polar surface area (TPSA) is 55.1 Å². The van der Waals surface area contributed by atoms with Gasteiger partial charge in [-0.2, -0.15) is 4.52 Å². The predicted octanol–water partition coefficient (Wildman–Crippen LogP) is 4.23. The van der Waals surface area contributed by atoms with Crippen molar-refractivity contribution in [1.82, 2.24) is 19.8 Å². The first-order chi connectivity index (χ1) is 11.2. The van der Waals surface area contributed by atoms with Crippen LogP contribution in [-0.2, 0) is 0 Å². The van der Waals surface area contributed by atoms with E-state index < -0.39 is 0 Å². The fourth-order valence-corrected chi connectivity index (χ4v) is 3.20. The quantitative estimate of drug-likeness (QED) is 0.721. The van der Waals surface area contributed by atoms with Gasteiger partial charge in [0.05, 0.1) is 0 Å². The molecule has 2 aromatic heterocycles. The van der Waals surface area contributed by atoms with Crippen LogP contribution in [0.3, 0.4) is 0 Å². The van der Waals surface area contributed by atoms with Crippen LogP contribution in [-0.4, -0.2) is 25.9 Å². The number of rotatable bonds is 3. The highest BCUT2D eigenvalue weighted by Crippen LogP contribution is 2.26. The second kappa shape index (κ2) is 5.83. The van der Waals surface area contributed by atoms with Crippen molar-refractivity contribution in [2.24, 2.45) is 0 Å². The molecule has 4 rings (SSSR count). The van der Waals surface area contributed by atoms with Crippen LogP contribution < -0.4 is 5.32 Å². The summed E-state index contributed by atoms with van der Waals surface area (Å²) in [6.45, 7) is 0. The Hall–Kier alpha value is -2.11.